The highest BCUT2D eigenvalue weighted by atomic mass is 16.5. The summed E-state index contributed by atoms with van der Waals surface area (Å²) in [5.74, 6) is -0.0344. The van der Waals surface area contributed by atoms with Crippen molar-refractivity contribution in [3.05, 3.63) is 24.3 Å². The van der Waals surface area contributed by atoms with E-state index in [0.717, 1.165) is 51.4 Å². The van der Waals surface area contributed by atoms with Gasteiger partial charge in [0.15, 0.2) is 0 Å². The van der Waals surface area contributed by atoms with Crippen LogP contribution in [0.25, 0.3) is 0 Å². The van der Waals surface area contributed by atoms with Gasteiger partial charge in [0.2, 0.25) is 5.91 Å². The van der Waals surface area contributed by atoms with Gasteiger partial charge in [-0.2, -0.15) is 0 Å². The number of unbranched alkanes of at least 4 members (excludes halogenated alkanes) is 43. The van der Waals surface area contributed by atoms with Crippen LogP contribution in [0, 0.1) is 0 Å². The van der Waals surface area contributed by atoms with E-state index in [-0.39, 0.29) is 18.5 Å². The van der Waals surface area contributed by atoms with Gasteiger partial charge in [0, 0.05) is 12.8 Å². The zero-order valence-corrected chi connectivity index (χ0v) is 46.6. The van der Waals surface area contributed by atoms with E-state index in [4.69, 9.17) is 4.74 Å². The fourth-order valence-corrected chi connectivity index (χ4v) is 9.74. The molecule has 0 saturated carbocycles. The maximum atomic E-state index is 12.5. The molecule has 0 saturated heterocycles. The van der Waals surface area contributed by atoms with Crippen LogP contribution < -0.4 is 5.32 Å². The minimum atomic E-state index is -0.664. The minimum absolute atomic E-state index is 0.00168. The zero-order valence-electron chi connectivity index (χ0n) is 46.6. The Morgan fingerprint density at radius 2 is 0.754 bits per heavy atom. The van der Waals surface area contributed by atoms with Crippen LogP contribution in [-0.4, -0.2) is 47.4 Å². The lowest BCUT2D eigenvalue weighted by Gasteiger charge is -2.22. The average molecular weight is 973 g/mol. The first kappa shape index (κ1) is 67.3. The lowest BCUT2D eigenvalue weighted by Crippen LogP contribution is -2.45. The van der Waals surface area contributed by atoms with Crippen molar-refractivity contribution in [3.63, 3.8) is 0 Å². The van der Waals surface area contributed by atoms with Crippen molar-refractivity contribution in [2.24, 2.45) is 0 Å². The quantitative estimate of drug-likeness (QED) is 0.0321. The SMILES string of the molecule is CCC/C=C\C/C=C\CCCCCCCC(=O)OCCCCCCCCCCCCCCCCCCCCCCCCC(=O)NC(CO)C(O)CCCCCCCCCCCCCCCCCCC. The van der Waals surface area contributed by atoms with E-state index >= 15 is 0 Å². The molecule has 408 valence electrons. The van der Waals surface area contributed by atoms with E-state index in [2.05, 4.69) is 43.5 Å². The van der Waals surface area contributed by atoms with Crippen molar-refractivity contribution in [2.75, 3.05) is 13.2 Å². The van der Waals surface area contributed by atoms with E-state index in [0.29, 0.717) is 25.9 Å². The van der Waals surface area contributed by atoms with Crippen molar-refractivity contribution in [2.45, 2.75) is 353 Å². The molecule has 0 aromatic heterocycles. The second-order valence-electron chi connectivity index (χ2n) is 21.4. The molecule has 0 rings (SSSR count). The van der Waals surface area contributed by atoms with Crippen molar-refractivity contribution in [1.82, 2.24) is 5.32 Å². The number of carbonyl (C=O) groups is 2. The Hall–Kier alpha value is -1.66. The van der Waals surface area contributed by atoms with Crippen LogP contribution in [0.1, 0.15) is 341 Å². The molecule has 3 N–H and O–H groups in total. The van der Waals surface area contributed by atoms with E-state index in [1.165, 1.54) is 257 Å². The molecule has 0 aliphatic carbocycles. The lowest BCUT2D eigenvalue weighted by atomic mass is 10.0. The van der Waals surface area contributed by atoms with Crippen molar-refractivity contribution in [3.8, 4) is 0 Å². The fraction of sp³-hybridized carbons (Fsp3) is 0.905. The Labute approximate surface area is 431 Å². The van der Waals surface area contributed by atoms with Gasteiger partial charge in [-0.3, -0.25) is 9.59 Å². The van der Waals surface area contributed by atoms with Crippen LogP contribution in [0.5, 0.6) is 0 Å². The van der Waals surface area contributed by atoms with E-state index < -0.39 is 12.1 Å². The van der Waals surface area contributed by atoms with Gasteiger partial charge in [0.1, 0.15) is 0 Å². The third kappa shape index (κ3) is 55.5. The number of amides is 1. The fourth-order valence-electron chi connectivity index (χ4n) is 9.74. The third-order valence-corrected chi connectivity index (χ3v) is 14.5. The summed E-state index contributed by atoms with van der Waals surface area (Å²) in [5.41, 5.74) is 0. The van der Waals surface area contributed by atoms with Gasteiger partial charge in [-0.15, -0.1) is 0 Å². The first-order valence-corrected chi connectivity index (χ1v) is 31.1. The summed E-state index contributed by atoms with van der Waals surface area (Å²) in [6.45, 7) is 4.90. The van der Waals surface area contributed by atoms with Crippen LogP contribution >= 0.6 is 0 Å². The summed E-state index contributed by atoms with van der Waals surface area (Å²) in [6, 6.07) is -0.542. The monoisotopic (exact) mass is 972 g/mol. The topological polar surface area (TPSA) is 95.9 Å². The number of carbonyl (C=O) groups excluding carboxylic acids is 2. The van der Waals surface area contributed by atoms with Gasteiger partial charge in [0.25, 0.3) is 0 Å². The predicted molar refractivity (Wildman–Crippen MR) is 301 cm³/mol. The molecule has 0 spiro atoms. The number of aliphatic hydroxyl groups excluding tert-OH is 2. The molecular formula is C63H121NO5. The second kappa shape index (κ2) is 58.9. The van der Waals surface area contributed by atoms with Crippen LogP contribution in [0.4, 0.5) is 0 Å². The first-order chi connectivity index (χ1) is 34.0. The van der Waals surface area contributed by atoms with Gasteiger partial charge in [-0.1, -0.05) is 301 Å². The van der Waals surface area contributed by atoms with Gasteiger partial charge < -0.3 is 20.3 Å². The molecule has 1 amide bonds. The van der Waals surface area contributed by atoms with Crippen molar-refractivity contribution < 1.29 is 24.5 Å². The molecule has 0 aliphatic rings. The molecule has 0 aliphatic heterocycles. The second-order valence-corrected chi connectivity index (χ2v) is 21.4. The summed E-state index contributed by atoms with van der Waals surface area (Å²) in [5, 5.41) is 23.3. The number of ether oxygens (including phenoxy) is 1. The Balaban J connectivity index is 3.38. The maximum Gasteiger partial charge on any atom is 0.305 e. The Bertz CT molecular complexity index is 1080. The average Bonchev–Trinajstić information content (AvgIpc) is 3.35. The van der Waals surface area contributed by atoms with Crippen molar-refractivity contribution in [1.29, 1.82) is 0 Å². The number of esters is 1. The van der Waals surface area contributed by atoms with Crippen LogP contribution in [0.3, 0.4) is 0 Å². The molecule has 0 bridgehead atoms. The molecule has 2 unspecified atom stereocenters. The lowest BCUT2D eigenvalue weighted by molar-refractivity contribution is -0.143. The summed E-state index contributed by atoms with van der Waals surface area (Å²) in [6.07, 6.45) is 71.8. The molecule has 6 heteroatoms. The molecule has 0 radical (unpaired) electrons. The standard InChI is InChI=1S/C63H121NO5/c1-3-5-7-9-11-13-15-17-18-25-28-32-35-39-43-47-51-55-61(66)60(59-65)64-62(67)56-52-48-44-40-36-33-29-26-23-21-19-20-22-24-27-30-34-38-42-46-50-54-58-69-63(68)57-53-49-45-41-37-31-16-14-12-10-8-6-4-2/h8,10,14,16,60-61,65-66H,3-7,9,11-13,15,17-59H2,1-2H3,(H,64,67)/b10-8-,16-14-. The highest BCUT2D eigenvalue weighted by Crippen LogP contribution is 2.18. The van der Waals surface area contributed by atoms with Crippen LogP contribution in [-0.2, 0) is 14.3 Å². The number of nitrogens with one attached hydrogen (secondary N) is 1. The highest BCUT2D eigenvalue weighted by molar-refractivity contribution is 5.76. The molecular weight excluding hydrogens is 851 g/mol. The van der Waals surface area contributed by atoms with Gasteiger partial charge >= 0.3 is 5.97 Å². The normalized spacial score (nSPS) is 12.7. The summed E-state index contributed by atoms with van der Waals surface area (Å²) in [4.78, 5) is 24.5. The van der Waals surface area contributed by atoms with Gasteiger partial charge in [-0.05, 0) is 51.4 Å². The van der Waals surface area contributed by atoms with Gasteiger partial charge in [-0.25, -0.2) is 0 Å². The first-order valence-electron chi connectivity index (χ1n) is 31.1. The Morgan fingerprint density at radius 3 is 1.16 bits per heavy atom. The number of hydrogen-bond acceptors (Lipinski definition) is 5. The number of rotatable bonds is 58. The summed E-state index contributed by atoms with van der Waals surface area (Å²) < 4.78 is 5.47. The smallest absolute Gasteiger partial charge is 0.305 e. The largest absolute Gasteiger partial charge is 0.466 e. The molecule has 6 nitrogen and oxygen atoms in total. The Morgan fingerprint density at radius 1 is 0.406 bits per heavy atom. The number of allylic oxidation sites excluding steroid dienone is 4. The molecule has 69 heavy (non-hydrogen) atoms. The van der Waals surface area contributed by atoms with Gasteiger partial charge in [0.05, 0.1) is 25.4 Å². The van der Waals surface area contributed by atoms with Crippen molar-refractivity contribution >= 4 is 11.9 Å². The third-order valence-electron chi connectivity index (χ3n) is 14.5. The molecule has 0 fully saturated rings. The van der Waals surface area contributed by atoms with E-state index in [1.54, 1.807) is 0 Å². The molecule has 2 atom stereocenters. The molecule has 0 aromatic carbocycles. The van der Waals surface area contributed by atoms with Crippen LogP contribution in [0.15, 0.2) is 24.3 Å². The van der Waals surface area contributed by atoms with Crippen LogP contribution in [0.2, 0.25) is 0 Å². The highest BCUT2D eigenvalue weighted by Gasteiger charge is 2.20. The summed E-state index contributed by atoms with van der Waals surface area (Å²) in [7, 11) is 0. The summed E-state index contributed by atoms with van der Waals surface area (Å²) >= 11 is 0. The number of aliphatic hydroxyl groups is 2. The minimum Gasteiger partial charge on any atom is -0.466 e. The molecule has 0 heterocycles. The number of hydrogen-bond donors (Lipinski definition) is 3. The maximum absolute atomic E-state index is 12.5. The van der Waals surface area contributed by atoms with E-state index in [9.17, 15) is 19.8 Å². The predicted octanol–water partition coefficient (Wildman–Crippen LogP) is 19.4. The Kier molecular flexibility index (Phi) is 57.5. The molecule has 0 aromatic rings. The zero-order chi connectivity index (χ0) is 50.0. The van der Waals surface area contributed by atoms with E-state index in [1.807, 2.05) is 0 Å².